The highest BCUT2D eigenvalue weighted by Gasteiger charge is 2.57. The van der Waals surface area contributed by atoms with Gasteiger partial charge in [-0.3, -0.25) is 0 Å². The van der Waals surface area contributed by atoms with Crippen molar-refractivity contribution in [2.45, 2.75) is 130 Å². The molecule has 4 aliphatic rings. The van der Waals surface area contributed by atoms with Crippen LogP contribution in [0.3, 0.4) is 0 Å². The third kappa shape index (κ3) is 3.81. The summed E-state index contributed by atoms with van der Waals surface area (Å²) in [5.41, 5.74) is 18.2. The lowest BCUT2D eigenvalue weighted by Crippen LogP contribution is -2.50. The minimum Gasteiger partial charge on any atom is -0.0686 e. The molecule has 2 saturated carbocycles. The molecule has 0 atom stereocenters. The van der Waals surface area contributed by atoms with E-state index in [4.69, 9.17) is 0 Å². The van der Waals surface area contributed by atoms with Gasteiger partial charge in [0.25, 0.3) is 0 Å². The number of aryl methyl sites for hydroxylation is 4. The maximum absolute atomic E-state index is 2.55. The van der Waals surface area contributed by atoms with Crippen LogP contribution in [0, 0.1) is 27.7 Å². The average Bonchev–Trinajstić information content (AvgIpc) is 3.45. The molecule has 37 heavy (non-hydrogen) atoms. The molecule has 1 heteroatoms. The molecule has 196 valence electrons. The van der Waals surface area contributed by atoms with Gasteiger partial charge >= 0.3 is 0 Å². The Morgan fingerprint density at radius 2 is 0.838 bits per heavy atom. The lowest BCUT2D eigenvalue weighted by Gasteiger charge is -2.51. The van der Waals surface area contributed by atoms with Crippen molar-refractivity contribution < 1.29 is 0 Å². The summed E-state index contributed by atoms with van der Waals surface area (Å²) in [5.74, 6) is 0. The predicted molar refractivity (Wildman–Crippen MR) is 164 cm³/mol. The van der Waals surface area contributed by atoms with Crippen LogP contribution in [-0.2, 0) is 12.8 Å². The molecular formula is C36H48Si. The zero-order chi connectivity index (χ0) is 25.9. The van der Waals surface area contributed by atoms with Crippen LogP contribution in [0.25, 0.3) is 10.4 Å². The molecule has 4 aliphatic carbocycles. The molecule has 0 unspecified atom stereocenters. The third-order valence-electron chi connectivity index (χ3n) is 11.1. The summed E-state index contributed by atoms with van der Waals surface area (Å²) in [4.78, 5) is 0. The normalized spacial score (nSPS) is 21.1. The zero-order valence-corrected chi connectivity index (χ0v) is 25.4. The third-order valence-corrected chi connectivity index (χ3v) is 17.8. The smallest absolute Gasteiger partial charge is 0.0686 e. The summed E-state index contributed by atoms with van der Waals surface area (Å²) < 4.78 is 0. The first kappa shape index (κ1) is 25.4. The van der Waals surface area contributed by atoms with Gasteiger partial charge in [0.2, 0.25) is 0 Å². The Kier molecular flexibility index (Phi) is 6.67. The van der Waals surface area contributed by atoms with Crippen LogP contribution in [0.2, 0.25) is 11.1 Å². The molecule has 0 bridgehead atoms. The van der Waals surface area contributed by atoms with Crippen LogP contribution >= 0.6 is 0 Å². The first-order valence-electron chi connectivity index (χ1n) is 15.4. The van der Waals surface area contributed by atoms with Gasteiger partial charge in [-0.1, -0.05) is 99.6 Å². The van der Waals surface area contributed by atoms with Crippen LogP contribution < -0.4 is 0 Å². The Hall–Kier alpha value is -1.86. The van der Waals surface area contributed by atoms with Gasteiger partial charge in [-0.25, -0.2) is 0 Å². The molecule has 0 saturated heterocycles. The van der Waals surface area contributed by atoms with Gasteiger partial charge in [0.1, 0.15) is 8.07 Å². The molecule has 0 radical (unpaired) electrons. The Labute approximate surface area is 227 Å². The van der Waals surface area contributed by atoms with Gasteiger partial charge in [-0.15, -0.1) is 0 Å². The molecule has 0 N–H and O–H groups in total. The molecule has 2 aromatic carbocycles. The largest absolute Gasteiger partial charge is 0.125 e. The SMILES string of the molecule is CC1=C([Si](C2=C(C)Cc3c(C)ccc(C)c32)(C2CCCCC2)C2CCCCC2)c2c(C)ccc(C)c2C1. The van der Waals surface area contributed by atoms with Gasteiger partial charge in [0, 0.05) is 0 Å². The van der Waals surface area contributed by atoms with E-state index < -0.39 is 8.07 Å². The fraction of sp³-hybridized carbons (Fsp3) is 0.556. The molecule has 0 nitrogen and oxygen atoms in total. The topological polar surface area (TPSA) is 0 Å². The van der Waals surface area contributed by atoms with Crippen molar-refractivity contribution in [2.24, 2.45) is 0 Å². The van der Waals surface area contributed by atoms with Crippen molar-refractivity contribution in [3.8, 4) is 0 Å². The summed E-state index contributed by atoms with van der Waals surface area (Å²) in [6, 6.07) is 9.70. The van der Waals surface area contributed by atoms with E-state index in [0.717, 1.165) is 11.1 Å². The lowest BCUT2D eigenvalue weighted by atomic mass is 9.98. The molecule has 2 aromatic rings. The van der Waals surface area contributed by atoms with E-state index in [1.165, 1.54) is 88.2 Å². The first-order valence-corrected chi connectivity index (χ1v) is 17.6. The van der Waals surface area contributed by atoms with E-state index in [0.29, 0.717) is 0 Å². The van der Waals surface area contributed by atoms with Crippen LogP contribution in [0.1, 0.15) is 123 Å². The van der Waals surface area contributed by atoms with E-state index in [1.54, 1.807) is 44.5 Å². The van der Waals surface area contributed by atoms with E-state index in [-0.39, 0.29) is 0 Å². The monoisotopic (exact) mass is 508 g/mol. The molecule has 0 amide bonds. The number of rotatable bonds is 4. The minimum absolute atomic E-state index is 0.899. The standard InChI is InChI=1S/C36H48Si/c1-23-17-19-25(3)33-31(23)21-27(5)35(33)37(29-13-9-7-10-14-29,30-15-11-8-12-16-30)36-28(6)22-32-24(2)18-20-26(4)34(32)36/h17-20,29-30H,7-16,21-22H2,1-6H3. The van der Waals surface area contributed by atoms with E-state index >= 15 is 0 Å². The van der Waals surface area contributed by atoms with Crippen molar-refractivity contribution >= 4 is 18.5 Å². The molecule has 6 rings (SSSR count). The molecule has 0 aliphatic heterocycles. The molecule has 0 aromatic heterocycles. The highest BCUT2D eigenvalue weighted by molar-refractivity contribution is 7.12. The zero-order valence-electron chi connectivity index (χ0n) is 24.4. The average molecular weight is 509 g/mol. The Balaban J connectivity index is 1.72. The van der Waals surface area contributed by atoms with Crippen LogP contribution in [0.15, 0.2) is 35.4 Å². The number of hydrogen-bond acceptors (Lipinski definition) is 0. The fourth-order valence-corrected chi connectivity index (χ4v) is 17.8. The van der Waals surface area contributed by atoms with Crippen molar-refractivity contribution in [1.82, 2.24) is 0 Å². The summed E-state index contributed by atoms with van der Waals surface area (Å²) in [6.45, 7) is 14.7. The number of benzene rings is 2. The Morgan fingerprint density at radius 1 is 0.486 bits per heavy atom. The van der Waals surface area contributed by atoms with Gasteiger partial charge in [-0.2, -0.15) is 0 Å². The van der Waals surface area contributed by atoms with Crippen LogP contribution in [0.5, 0.6) is 0 Å². The predicted octanol–water partition coefficient (Wildman–Crippen LogP) is 10.5. The number of fused-ring (bicyclic) bond motifs is 2. The summed E-state index contributed by atoms with van der Waals surface area (Å²) in [7, 11) is -2.11. The van der Waals surface area contributed by atoms with Gasteiger partial charge in [0.15, 0.2) is 0 Å². The second-order valence-electron chi connectivity index (χ2n) is 13.3. The Bertz CT molecular complexity index is 1190. The van der Waals surface area contributed by atoms with Crippen molar-refractivity contribution in [3.63, 3.8) is 0 Å². The molecular weight excluding hydrogens is 460 g/mol. The fourth-order valence-electron chi connectivity index (χ4n) is 9.53. The highest BCUT2D eigenvalue weighted by atomic mass is 28.3. The van der Waals surface area contributed by atoms with Gasteiger partial charge in [-0.05, 0) is 120 Å². The second kappa shape index (κ2) is 9.71. The van der Waals surface area contributed by atoms with Gasteiger partial charge in [0.05, 0.1) is 0 Å². The van der Waals surface area contributed by atoms with Crippen molar-refractivity contribution in [1.29, 1.82) is 0 Å². The summed E-state index contributed by atoms with van der Waals surface area (Å²) in [5, 5.41) is 3.87. The van der Waals surface area contributed by atoms with Crippen molar-refractivity contribution in [3.05, 3.63) is 79.9 Å². The van der Waals surface area contributed by atoms with E-state index in [1.807, 2.05) is 10.4 Å². The molecule has 2 fully saturated rings. The minimum atomic E-state index is -2.11. The van der Waals surface area contributed by atoms with E-state index in [9.17, 15) is 0 Å². The maximum atomic E-state index is 2.55. The lowest BCUT2D eigenvalue weighted by molar-refractivity contribution is 0.460. The molecule has 0 spiro atoms. The first-order chi connectivity index (χ1) is 17.9. The summed E-state index contributed by atoms with van der Waals surface area (Å²) >= 11 is 0. The van der Waals surface area contributed by atoms with Gasteiger partial charge < -0.3 is 0 Å². The number of hydrogen-bond donors (Lipinski definition) is 0. The second-order valence-corrected chi connectivity index (χ2v) is 17.7. The van der Waals surface area contributed by atoms with Crippen LogP contribution in [-0.4, -0.2) is 8.07 Å². The molecule has 0 heterocycles. The Morgan fingerprint density at radius 3 is 1.22 bits per heavy atom. The summed E-state index contributed by atoms with van der Waals surface area (Å²) in [6.07, 6.45) is 17.0. The maximum Gasteiger partial charge on any atom is 0.125 e. The quantitative estimate of drug-likeness (QED) is 0.360. The number of allylic oxidation sites excluding steroid dienone is 2. The van der Waals surface area contributed by atoms with Crippen LogP contribution in [0.4, 0.5) is 0 Å². The highest BCUT2D eigenvalue weighted by Crippen LogP contribution is 2.64. The van der Waals surface area contributed by atoms with E-state index in [2.05, 4.69) is 65.8 Å². The van der Waals surface area contributed by atoms with Crippen molar-refractivity contribution in [2.75, 3.05) is 0 Å².